The Hall–Kier alpha value is -2.00. The zero-order chi connectivity index (χ0) is 12.1. The minimum atomic E-state index is 0.0105. The number of rotatable bonds is 4. The summed E-state index contributed by atoms with van der Waals surface area (Å²) < 4.78 is 5.02. The molecule has 0 unspecified atom stereocenters. The standard InChI is InChI=1S/C14H13NO2/c1-17-10-11-2-4-12(5-3-11)14(16)13-6-8-15-9-7-13/h2-9H,10H2,1H3. The van der Waals surface area contributed by atoms with Crippen molar-refractivity contribution in [3.63, 3.8) is 0 Å². The summed E-state index contributed by atoms with van der Waals surface area (Å²) in [5, 5.41) is 0. The molecule has 0 saturated carbocycles. The van der Waals surface area contributed by atoms with E-state index >= 15 is 0 Å². The smallest absolute Gasteiger partial charge is 0.193 e. The van der Waals surface area contributed by atoms with Crippen LogP contribution in [0.15, 0.2) is 48.8 Å². The lowest BCUT2D eigenvalue weighted by molar-refractivity contribution is 0.103. The quantitative estimate of drug-likeness (QED) is 0.753. The summed E-state index contributed by atoms with van der Waals surface area (Å²) in [6, 6.07) is 10.9. The highest BCUT2D eigenvalue weighted by Gasteiger charge is 2.07. The molecule has 0 spiro atoms. The van der Waals surface area contributed by atoms with E-state index in [0.717, 1.165) is 5.56 Å². The third-order valence-electron chi connectivity index (χ3n) is 2.47. The average Bonchev–Trinajstić information content (AvgIpc) is 2.40. The Morgan fingerprint density at radius 3 is 2.24 bits per heavy atom. The fourth-order valence-corrected chi connectivity index (χ4v) is 1.59. The molecule has 0 atom stereocenters. The Morgan fingerprint density at radius 1 is 1.06 bits per heavy atom. The minimum Gasteiger partial charge on any atom is -0.380 e. The van der Waals surface area contributed by atoms with Crippen molar-refractivity contribution in [1.29, 1.82) is 0 Å². The molecule has 0 fully saturated rings. The van der Waals surface area contributed by atoms with E-state index < -0.39 is 0 Å². The van der Waals surface area contributed by atoms with Gasteiger partial charge >= 0.3 is 0 Å². The van der Waals surface area contributed by atoms with Crippen molar-refractivity contribution < 1.29 is 9.53 Å². The van der Waals surface area contributed by atoms with Crippen molar-refractivity contribution >= 4 is 5.78 Å². The van der Waals surface area contributed by atoms with Gasteiger partial charge in [0.15, 0.2) is 5.78 Å². The number of carbonyl (C=O) groups excluding carboxylic acids is 1. The molecule has 0 aliphatic carbocycles. The van der Waals surface area contributed by atoms with E-state index in [-0.39, 0.29) is 5.78 Å². The van der Waals surface area contributed by atoms with Gasteiger partial charge in [0.25, 0.3) is 0 Å². The first-order valence-electron chi connectivity index (χ1n) is 5.34. The van der Waals surface area contributed by atoms with Crippen LogP contribution in [0.1, 0.15) is 21.5 Å². The lowest BCUT2D eigenvalue weighted by Gasteiger charge is -2.03. The van der Waals surface area contributed by atoms with Crippen molar-refractivity contribution in [2.24, 2.45) is 0 Å². The van der Waals surface area contributed by atoms with E-state index in [2.05, 4.69) is 4.98 Å². The molecule has 3 nitrogen and oxygen atoms in total. The van der Waals surface area contributed by atoms with Crippen molar-refractivity contribution in [1.82, 2.24) is 4.98 Å². The van der Waals surface area contributed by atoms with Gasteiger partial charge in [0.2, 0.25) is 0 Å². The molecular formula is C14H13NO2. The lowest BCUT2D eigenvalue weighted by atomic mass is 10.0. The Morgan fingerprint density at radius 2 is 1.65 bits per heavy atom. The van der Waals surface area contributed by atoms with Crippen LogP contribution in [0.2, 0.25) is 0 Å². The summed E-state index contributed by atoms with van der Waals surface area (Å²) in [5.74, 6) is 0.0105. The zero-order valence-electron chi connectivity index (χ0n) is 9.59. The zero-order valence-corrected chi connectivity index (χ0v) is 9.59. The number of hydrogen-bond acceptors (Lipinski definition) is 3. The summed E-state index contributed by atoms with van der Waals surface area (Å²) in [6.07, 6.45) is 3.24. The lowest BCUT2D eigenvalue weighted by Crippen LogP contribution is -2.01. The number of ketones is 1. The molecule has 0 aliphatic heterocycles. The maximum Gasteiger partial charge on any atom is 0.193 e. The first kappa shape index (κ1) is 11.5. The van der Waals surface area contributed by atoms with Gasteiger partial charge in [-0.15, -0.1) is 0 Å². The topological polar surface area (TPSA) is 39.2 Å². The summed E-state index contributed by atoms with van der Waals surface area (Å²) >= 11 is 0. The van der Waals surface area contributed by atoms with E-state index in [4.69, 9.17) is 4.74 Å². The number of nitrogens with zero attached hydrogens (tertiary/aromatic N) is 1. The molecule has 0 saturated heterocycles. The Bertz CT molecular complexity index is 491. The Kier molecular flexibility index (Phi) is 3.62. The predicted molar refractivity (Wildman–Crippen MR) is 64.8 cm³/mol. The van der Waals surface area contributed by atoms with Crippen LogP contribution in [0.25, 0.3) is 0 Å². The molecule has 0 aliphatic rings. The van der Waals surface area contributed by atoms with Crippen LogP contribution >= 0.6 is 0 Å². The molecule has 0 N–H and O–H groups in total. The van der Waals surface area contributed by atoms with E-state index in [9.17, 15) is 4.79 Å². The summed E-state index contributed by atoms with van der Waals surface area (Å²) in [4.78, 5) is 15.9. The average molecular weight is 227 g/mol. The number of ether oxygens (including phenoxy) is 1. The van der Waals surface area contributed by atoms with Crippen molar-refractivity contribution in [2.45, 2.75) is 6.61 Å². The van der Waals surface area contributed by atoms with Gasteiger partial charge in [0, 0.05) is 30.6 Å². The molecular weight excluding hydrogens is 214 g/mol. The molecule has 1 aromatic heterocycles. The van der Waals surface area contributed by atoms with Crippen molar-refractivity contribution in [3.8, 4) is 0 Å². The Labute approximate surface area is 100 Å². The maximum absolute atomic E-state index is 12.1. The minimum absolute atomic E-state index is 0.0105. The van der Waals surface area contributed by atoms with Gasteiger partial charge in [-0.1, -0.05) is 24.3 Å². The van der Waals surface area contributed by atoms with Gasteiger partial charge < -0.3 is 4.74 Å². The van der Waals surface area contributed by atoms with Crippen LogP contribution in [-0.2, 0) is 11.3 Å². The monoisotopic (exact) mass is 227 g/mol. The second-order valence-electron chi connectivity index (χ2n) is 3.69. The maximum atomic E-state index is 12.1. The number of aromatic nitrogens is 1. The van der Waals surface area contributed by atoms with Crippen molar-refractivity contribution in [3.05, 3.63) is 65.5 Å². The highest BCUT2D eigenvalue weighted by Crippen LogP contribution is 2.10. The first-order valence-corrected chi connectivity index (χ1v) is 5.34. The second kappa shape index (κ2) is 5.37. The molecule has 3 heteroatoms. The van der Waals surface area contributed by atoms with Gasteiger partial charge in [-0.2, -0.15) is 0 Å². The number of hydrogen-bond donors (Lipinski definition) is 0. The van der Waals surface area contributed by atoms with E-state index in [1.807, 2.05) is 24.3 Å². The largest absolute Gasteiger partial charge is 0.380 e. The van der Waals surface area contributed by atoms with Gasteiger partial charge in [0.1, 0.15) is 0 Å². The van der Waals surface area contributed by atoms with E-state index in [0.29, 0.717) is 17.7 Å². The van der Waals surface area contributed by atoms with Crippen LogP contribution in [0, 0.1) is 0 Å². The van der Waals surface area contributed by atoms with Crippen LogP contribution < -0.4 is 0 Å². The molecule has 0 amide bonds. The van der Waals surface area contributed by atoms with Gasteiger partial charge in [-0.05, 0) is 17.7 Å². The van der Waals surface area contributed by atoms with Gasteiger partial charge in [-0.3, -0.25) is 9.78 Å². The SMILES string of the molecule is COCc1ccc(C(=O)c2ccncc2)cc1. The molecule has 0 bridgehead atoms. The van der Waals surface area contributed by atoms with Crippen molar-refractivity contribution in [2.75, 3.05) is 7.11 Å². The van der Waals surface area contributed by atoms with Gasteiger partial charge in [-0.25, -0.2) is 0 Å². The van der Waals surface area contributed by atoms with Crippen LogP contribution in [-0.4, -0.2) is 17.9 Å². The van der Waals surface area contributed by atoms with Crippen LogP contribution in [0.3, 0.4) is 0 Å². The third kappa shape index (κ3) is 2.77. The molecule has 17 heavy (non-hydrogen) atoms. The fraction of sp³-hybridized carbons (Fsp3) is 0.143. The summed E-state index contributed by atoms with van der Waals surface area (Å²) in [5.41, 5.74) is 2.38. The second-order valence-corrected chi connectivity index (χ2v) is 3.69. The highest BCUT2D eigenvalue weighted by atomic mass is 16.5. The molecule has 2 rings (SSSR count). The third-order valence-corrected chi connectivity index (χ3v) is 2.47. The predicted octanol–water partition coefficient (Wildman–Crippen LogP) is 2.46. The Balaban J connectivity index is 2.20. The van der Waals surface area contributed by atoms with E-state index in [1.54, 1.807) is 31.6 Å². The van der Waals surface area contributed by atoms with Gasteiger partial charge in [0.05, 0.1) is 6.61 Å². The van der Waals surface area contributed by atoms with Crippen LogP contribution in [0.4, 0.5) is 0 Å². The summed E-state index contributed by atoms with van der Waals surface area (Å²) in [6.45, 7) is 0.559. The molecule has 0 radical (unpaired) electrons. The molecule has 86 valence electrons. The number of benzene rings is 1. The van der Waals surface area contributed by atoms with Crippen LogP contribution in [0.5, 0.6) is 0 Å². The van der Waals surface area contributed by atoms with E-state index in [1.165, 1.54) is 0 Å². The highest BCUT2D eigenvalue weighted by molar-refractivity contribution is 6.08. The summed E-state index contributed by atoms with van der Waals surface area (Å²) in [7, 11) is 1.65. The molecule has 1 aromatic carbocycles. The normalized spacial score (nSPS) is 10.2. The number of methoxy groups -OCH3 is 1. The molecule has 2 aromatic rings. The number of carbonyl (C=O) groups is 1. The fourth-order valence-electron chi connectivity index (χ4n) is 1.59. The number of pyridine rings is 1. The molecule has 1 heterocycles. The first-order chi connectivity index (χ1) is 8.31.